The quantitative estimate of drug-likeness (QED) is 0.655. The molecule has 0 radical (unpaired) electrons. The van der Waals surface area contributed by atoms with Crippen LogP contribution in [0.1, 0.15) is 11.8 Å². The van der Waals surface area contributed by atoms with E-state index >= 15 is 0 Å². The average Bonchev–Trinajstić information content (AvgIpc) is 2.91. The van der Waals surface area contributed by atoms with Crippen LogP contribution in [0.3, 0.4) is 0 Å². The Labute approximate surface area is 111 Å². The van der Waals surface area contributed by atoms with E-state index < -0.39 is 6.29 Å². The summed E-state index contributed by atoms with van der Waals surface area (Å²) in [5.74, 6) is 0.863. The molecule has 0 aromatic carbocycles. The molecule has 1 N–H and O–H groups in total. The van der Waals surface area contributed by atoms with E-state index in [4.69, 9.17) is 4.74 Å². The molecule has 0 saturated heterocycles. The Hall–Kier alpha value is -1.23. The van der Waals surface area contributed by atoms with E-state index in [0.717, 1.165) is 17.0 Å². The van der Waals surface area contributed by atoms with Gasteiger partial charge in [0.15, 0.2) is 6.29 Å². The summed E-state index contributed by atoms with van der Waals surface area (Å²) in [7, 11) is 1.96. The van der Waals surface area contributed by atoms with Crippen LogP contribution in [0.25, 0.3) is 0 Å². The number of aliphatic hydroxyl groups excluding tert-OH is 1. The summed E-state index contributed by atoms with van der Waals surface area (Å²) >= 11 is 1.63. The maximum absolute atomic E-state index is 9.83. The van der Waals surface area contributed by atoms with Crippen molar-refractivity contribution in [3.05, 3.63) is 59.8 Å². The van der Waals surface area contributed by atoms with E-state index in [0.29, 0.717) is 0 Å². The van der Waals surface area contributed by atoms with Gasteiger partial charge in [0.25, 0.3) is 0 Å². The molecule has 0 aliphatic carbocycles. The molecule has 1 aromatic heterocycles. The zero-order valence-electron chi connectivity index (χ0n) is 10.3. The summed E-state index contributed by atoms with van der Waals surface area (Å²) in [5.41, 5.74) is 1.84. The first-order chi connectivity index (χ1) is 8.72. The third-order valence-electron chi connectivity index (χ3n) is 2.75. The second-order valence-electron chi connectivity index (χ2n) is 4.04. The predicted molar refractivity (Wildman–Crippen MR) is 75.1 cm³/mol. The topological polar surface area (TPSA) is 34.4 Å². The van der Waals surface area contributed by atoms with Crippen molar-refractivity contribution in [3.63, 3.8) is 0 Å². The van der Waals surface area contributed by atoms with Crippen LogP contribution in [0.4, 0.5) is 0 Å². The van der Waals surface area contributed by atoms with Crippen LogP contribution in [-0.2, 0) is 11.8 Å². The van der Waals surface area contributed by atoms with Gasteiger partial charge < -0.3 is 14.4 Å². The molecule has 0 fully saturated rings. The lowest BCUT2D eigenvalue weighted by Gasteiger charge is -2.11. The highest BCUT2D eigenvalue weighted by atomic mass is 32.2. The molecule has 2 atom stereocenters. The first-order valence-electron chi connectivity index (χ1n) is 5.78. The Morgan fingerprint density at radius 2 is 2.44 bits per heavy atom. The normalized spacial score (nSPS) is 23.6. The molecule has 0 amide bonds. The first kappa shape index (κ1) is 13.2. The van der Waals surface area contributed by atoms with Crippen LogP contribution < -0.4 is 0 Å². The number of rotatable bonds is 5. The average molecular weight is 263 g/mol. The van der Waals surface area contributed by atoms with Crippen LogP contribution in [0, 0.1) is 0 Å². The van der Waals surface area contributed by atoms with Gasteiger partial charge in [0.1, 0.15) is 6.10 Å². The lowest BCUT2D eigenvalue weighted by Crippen LogP contribution is -2.10. The van der Waals surface area contributed by atoms with Crippen molar-refractivity contribution in [2.45, 2.75) is 12.4 Å². The van der Waals surface area contributed by atoms with Gasteiger partial charge in [0, 0.05) is 24.6 Å². The van der Waals surface area contributed by atoms with E-state index in [9.17, 15) is 5.11 Å². The van der Waals surface area contributed by atoms with Crippen molar-refractivity contribution in [1.82, 2.24) is 4.57 Å². The molecule has 96 valence electrons. The van der Waals surface area contributed by atoms with Gasteiger partial charge in [0.05, 0.1) is 5.69 Å². The fourth-order valence-electron chi connectivity index (χ4n) is 1.83. The van der Waals surface area contributed by atoms with Gasteiger partial charge in [-0.25, -0.2) is 0 Å². The minimum Gasteiger partial charge on any atom is -0.364 e. The van der Waals surface area contributed by atoms with E-state index in [2.05, 4.69) is 6.58 Å². The summed E-state index contributed by atoms with van der Waals surface area (Å²) in [6.07, 6.45) is 6.63. The summed E-state index contributed by atoms with van der Waals surface area (Å²) in [6.45, 7) is 3.65. The van der Waals surface area contributed by atoms with Gasteiger partial charge in [-0.2, -0.15) is 0 Å². The number of hydrogen-bond donors (Lipinski definition) is 1. The maximum atomic E-state index is 9.83. The van der Waals surface area contributed by atoms with E-state index in [-0.39, 0.29) is 6.10 Å². The Bertz CT molecular complexity index is 476. The smallest absolute Gasteiger partial charge is 0.182 e. The van der Waals surface area contributed by atoms with Crippen LogP contribution in [0.5, 0.6) is 0 Å². The third-order valence-corrected chi connectivity index (χ3v) is 3.51. The molecular weight excluding hydrogens is 246 g/mol. The fourth-order valence-corrected chi connectivity index (χ4v) is 2.33. The zero-order valence-corrected chi connectivity index (χ0v) is 11.1. The summed E-state index contributed by atoms with van der Waals surface area (Å²) in [4.78, 5) is 0. The number of ether oxygens (including phenoxy) is 1. The van der Waals surface area contributed by atoms with Crippen molar-refractivity contribution in [2.75, 3.05) is 5.75 Å². The minimum atomic E-state index is -0.842. The van der Waals surface area contributed by atoms with Crippen LogP contribution in [0.15, 0.2) is 54.1 Å². The van der Waals surface area contributed by atoms with E-state index in [1.165, 1.54) is 0 Å². The van der Waals surface area contributed by atoms with Gasteiger partial charge in [-0.3, -0.25) is 0 Å². The molecule has 18 heavy (non-hydrogen) atoms. The standard InChI is InChI=1S/C14H17NO2S/c1-3-8-18-9-6-11-10-13(17-14(11)16)12-5-4-7-15(12)2/h3-7,9-10,13-14,16H,1,8H2,2H3/b9-6+. The highest BCUT2D eigenvalue weighted by molar-refractivity contribution is 8.02. The van der Waals surface area contributed by atoms with Gasteiger partial charge in [0.2, 0.25) is 0 Å². The van der Waals surface area contributed by atoms with Crippen LogP contribution in [0.2, 0.25) is 0 Å². The molecule has 2 rings (SSSR count). The highest BCUT2D eigenvalue weighted by Crippen LogP contribution is 2.31. The molecule has 1 aromatic rings. The van der Waals surface area contributed by atoms with Gasteiger partial charge in [-0.05, 0) is 29.7 Å². The summed E-state index contributed by atoms with van der Waals surface area (Å²) in [6, 6.07) is 3.96. The molecule has 4 heteroatoms. The third kappa shape index (κ3) is 2.96. The molecule has 0 saturated carbocycles. The van der Waals surface area contributed by atoms with E-state index in [1.54, 1.807) is 11.8 Å². The summed E-state index contributed by atoms with van der Waals surface area (Å²) < 4.78 is 7.51. The largest absolute Gasteiger partial charge is 0.364 e. The monoisotopic (exact) mass is 263 g/mol. The van der Waals surface area contributed by atoms with Gasteiger partial charge >= 0.3 is 0 Å². The van der Waals surface area contributed by atoms with Crippen molar-refractivity contribution in [1.29, 1.82) is 0 Å². The molecule has 3 nitrogen and oxygen atoms in total. The Morgan fingerprint density at radius 3 is 3.11 bits per heavy atom. The zero-order chi connectivity index (χ0) is 13.0. The molecule has 1 aliphatic heterocycles. The van der Waals surface area contributed by atoms with Gasteiger partial charge in [-0.1, -0.05) is 6.08 Å². The van der Waals surface area contributed by atoms with Crippen molar-refractivity contribution in [3.8, 4) is 0 Å². The number of aliphatic hydroxyl groups is 1. The van der Waals surface area contributed by atoms with Crippen LogP contribution in [-0.4, -0.2) is 21.7 Å². The molecular formula is C14H17NO2S. The Morgan fingerprint density at radius 1 is 1.61 bits per heavy atom. The number of aryl methyl sites for hydroxylation is 1. The molecule has 2 unspecified atom stereocenters. The van der Waals surface area contributed by atoms with Crippen LogP contribution >= 0.6 is 11.8 Å². The SMILES string of the molecule is C=CCS/C=C/C1=CC(c2cccn2C)OC1O. The Kier molecular flexibility index (Phi) is 4.47. The second kappa shape index (κ2) is 6.09. The lowest BCUT2D eigenvalue weighted by molar-refractivity contribution is -0.0805. The second-order valence-corrected chi connectivity index (χ2v) is 4.98. The van der Waals surface area contributed by atoms with Crippen molar-refractivity contribution in [2.24, 2.45) is 7.05 Å². The van der Waals surface area contributed by atoms with E-state index in [1.807, 2.05) is 53.6 Å². The number of nitrogens with zero attached hydrogens (tertiary/aromatic N) is 1. The van der Waals surface area contributed by atoms with Crippen molar-refractivity contribution >= 4 is 11.8 Å². The summed E-state index contributed by atoms with van der Waals surface area (Å²) in [5, 5.41) is 11.8. The first-order valence-corrected chi connectivity index (χ1v) is 6.82. The lowest BCUT2D eigenvalue weighted by atomic mass is 10.2. The minimum absolute atomic E-state index is 0.177. The molecule has 0 spiro atoms. The molecule has 0 bridgehead atoms. The van der Waals surface area contributed by atoms with Crippen molar-refractivity contribution < 1.29 is 9.84 Å². The fraction of sp³-hybridized carbons (Fsp3) is 0.286. The number of hydrogen-bond acceptors (Lipinski definition) is 3. The molecule has 1 aliphatic rings. The highest BCUT2D eigenvalue weighted by Gasteiger charge is 2.25. The Balaban J connectivity index is 2.05. The number of thioether (sulfide) groups is 1. The predicted octanol–water partition coefficient (Wildman–Crippen LogP) is 2.77. The van der Waals surface area contributed by atoms with Gasteiger partial charge in [-0.15, -0.1) is 18.3 Å². The maximum Gasteiger partial charge on any atom is 0.182 e. The molecule has 2 heterocycles. The number of aromatic nitrogens is 1.